The third-order valence-electron chi connectivity index (χ3n) is 3.20. The summed E-state index contributed by atoms with van der Waals surface area (Å²) in [5, 5.41) is 2.80. The summed E-state index contributed by atoms with van der Waals surface area (Å²) in [5.74, 6) is -0.792. The number of halogens is 1. The number of nitrogens with two attached hydrogens (primary N) is 1. The van der Waals surface area contributed by atoms with Crippen molar-refractivity contribution in [2.45, 2.75) is 38.1 Å². The fourth-order valence-corrected chi connectivity index (χ4v) is 2.02. The van der Waals surface area contributed by atoms with Gasteiger partial charge in [-0.05, 0) is 12.8 Å². The largest absolute Gasteiger partial charge is 0.467 e. The predicted molar refractivity (Wildman–Crippen MR) is 66.8 cm³/mol. The molecule has 1 atom stereocenters. The van der Waals surface area contributed by atoms with E-state index in [1.165, 1.54) is 7.11 Å². The summed E-state index contributed by atoms with van der Waals surface area (Å²) in [5.41, 5.74) is 4.61. The Morgan fingerprint density at radius 2 is 1.94 bits per heavy atom. The van der Waals surface area contributed by atoms with E-state index in [0.29, 0.717) is 12.8 Å². The highest BCUT2D eigenvalue weighted by Gasteiger charge is 2.43. The van der Waals surface area contributed by atoms with Crippen molar-refractivity contribution < 1.29 is 14.3 Å². The standard InChI is InChI=1S/C11H20N2O3.ClH/c1-8(7-12)9(14)13-11(10(15)16-2)5-3-4-6-11;/h8H,3-7,12H2,1-2H3,(H,13,14);1H. The highest BCUT2D eigenvalue weighted by atomic mass is 35.5. The molecule has 1 fully saturated rings. The van der Waals surface area contributed by atoms with E-state index in [0.717, 1.165) is 12.8 Å². The molecule has 1 unspecified atom stereocenters. The maximum absolute atomic E-state index is 11.8. The maximum atomic E-state index is 11.8. The van der Waals surface area contributed by atoms with E-state index in [1.807, 2.05) is 0 Å². The first-order valence-electron chi connectivity index (χ1n) is 5.66. The topological polar surface area (TPSA) is 81.4 Å². The van der Waals surface area contributed by atoms with E-state index < -0.39 is 5.54 Å². The Bertz CT molecular complexity index is 278. The van der Waals surface area contributed by atoms with Crippen molar-refractivity contribution in [3.63, 3.8) is 0 Å². The number of carbonyl (C=O) groups excluding carboxylic acids is 2. The number of carbonyl (C=O) groups is 2. The SMILES string of the molecule is COC(=O)C1(NC(=O)C(C)CN)CCCC1.Cl. The van der Waals surface area contributed by atoms with Gasteiger partial charge in [0.1, 0.15) is 5.54 Å². The molecule has 100 valence electrons. The van der Waals surface area contributed by atoms with Crippen LogP contribution >= 0.6 is 12.4 Å². The Hall–Kier alpha value is -0.810. The first kappa shape index (κ1) is 16.2. The van der Waals surface area contributed by atoms with Gasteiger partial charge in [-0.1, -0.05) is 19.8 Å². The van der Waals surface area contributed by atoms with Gasteiger partial charge in [-0.3, -0.25) is 4.79 Å². The normalized spacial score (nSPS) is 19.0. The summed E-state index contributed by atoms with van der Waals surface area (Å²) in [6.45, 7) is 2.03. The van der Waals surface area contributed by atoms with E-state index in [9.17, 15) is 9.59 Å². The molecule has 0 spiro atoms. The van der Waals surface area contributed by atoms with E-state index >= 15 is 0 Å². The molecule has 1 aliphatic rings. The van der Waals surface area contributed by atoms with Crippen LogP contribution in [0.5, 0.6) is 0 Å². The van der Waals surface area contributed by atoms with Gasteiger partial charge in [0.05, 0.1) is 7.11 Å². The van der Waals surface area contributed by atoms with Crippen molar-refractivity contribution >= 4 is 24.3 Å². The lowest BCUT2D eigenvalue weighted by Gasteiger charge is -2.28. The molecule has 1 aliphatic carbocycles. The second kappa shape index (κ2) is 6.81. The van der Waals surface area contributed by atoms with Gasteiger partial charge in [-0.15, -0.1) is 12.4 Å². The molecule has 6 heteroatoms. The predicted octanol–water partition coefficient (Wildman–Crippen LogP) is 0.605. The first-order valence-corrected chi connectivity index (χ1v) is 5.66. The second-order valence-corrected chi connectivity index (χ2v) is 4.41. The number of nitrogens with one attached hydrogen (secondary N) is 1. The van der Waals surface area contributed by atoms with Crippen LogP contribution in [-0.4, -0.2) is 31.1 Å². The molecule has 1 rings (SSSR count). The highest BCUT2D eigenvalue weighted by Crippen LogP contribution is 2.31. The Morgan fingerprint density at radius 3 is 2.35 bits per heavy atom. The molecule has 5 nitrogen and oxygen atoms in total. The zero-order valence-corrected chi connectivity index (χ0v) is 11.1. The lowest BCUT2D eigenvalue weighted by Crippen LogP contribution is -2.55. The van der Waals surface area contributed by atoms with Gasteiger partial charge in [-0.2, -0.15) is 0 Å². The number of methoxy groups -OCH3 is 1. The van der Waals surface area contributed by atoms with Crippen LogP contribution in [-0.2, 0) is 14.3 Å². The van der Waals surface area contributed by atoms with E-state index in [1.54, 1.807) is 6.92 Å². The quantitative estimate of drug-likeness (QED) is 0.729. The summed E-state index contributed by atoms with van der Waals surface area (Å²) in [7, 11) is 1.35. The van der Waals surface area contributed by atoms with Gasteiger partial charge in [0, 0.05) is 12.5 Å². The number of amides is 1. The molecule has 1 amide bonds. The lowest BCUT2D eigenvalue weighted by atomic mass is 9.96. The Kier molecular flexibility index (Phi) is 6.49. The molecular formula is C11H21ClN2O3. The summed E-state index contributed by atoms with van der Waals surface area (Å²) in [4.78, 5) is 23.5. The summed E-state index contributed by atoms with van der Waals surface area (Å²) in [6.07, 6.45) is 3.18. The zero-order chi connectivity index (χ0) is 12.2. The zero-order valence-electron chi connectivity index (χ0n) is 10.3. The number of hydrogen-bond donors (Lipinski definition) is 2. The molecular weight excluding hydrogens is 244 g/mol. The second-order valence-electron chi connectivity index (χ2n) is 4.41. The van der Waals surface area contributed by atoms with Crippen LogP contribution in [0.15, 0.2) is 0 Å². The van der Waals surface area contributed by atoms with Gasteiger partial charge < -0.3 is 15.8 Å². The van der Waals surface area contributed by atoms with Crippen molar-refractivity contribution in [2.24, 2.45) is 11.7 Å². The van der Waals surface area contributed by atoms with Gasteiger partial charge in [0.15, 0.2) is 0 Å². The van der Waals surface area contributed by atoms with Crippen LogP contribution in [0.2, 0.25) is 0 Å². The van der Waals surface area contributed by atoms with Crippen LogP contribution in [0.25, 0.3) is 0 Å². The first-order chi connectivity index (χ1) is 7.55. The fraction of sp³-hybridized carbons (Fsp3) is 0.818. The minimum absolute atomic E-state index is 0. The minimum atomic E-state index is -0.810. The smallest absolute Gasteiger partial charge is 0.331 e. The van der Waals surface area contributed by atoms with Crippen LogP contribution in [0.1, 0.15) is 32.6 Å². The van der Waals surface area contributed by atoms with Crippen molar-refractivity contribution in [1.29, 1.82) is 0 Å². The molecule has 0 aromatic heterocycles. The molecule has 0 aromatic rings. The molecule has 0 aromatic carbocycles. The Balaban J connectivity index is 0.00000256. The van der Waals surface area contributed by atoms with Gasteiger partial charge in [0.25, 0.3) is 0 Å². The average molecular weight is 265 g/mol. The van der Waals surface area contributed by atoms with Crippen LogP contribution in [0.3, 0.4) is 0 Å². The van der Waals surface area contributed by atoms with Crippen LogP contribution < -0.4 is 11.1 Å². The van der Waals surface area contributed by atoms with Crippen molar-refractivity contribution in [3.05, 3.63) is 0 Å². The minimum Gasteiger partial charge on any atom is -0.467 e. The van der Waals surface area contributed by atoms with Gasteiger partial charge in [0.2, 0.25) is 5.91 Å². The number of esters is 1. The Morgan fingerprint density at radius 1 is 1.41 bits per heavy atom. The monoisotopic (exact) mass is 264 g/mol. The molecule has 0 bridgehead atoms. The van der Waals surface area contributed by atoms with Crippen LogP contribution in [0, 0.1) is 5.92 Å². The van der Waals surface area contributed by atoms with E-state index in [2.05, 4.69) is 5.32 Å². The summed E-state index contributed by atoms with van der Waals surface area (Å²) >= 11 is 0. The number of rotatable bonds is 4. The number of ether oxygens (including phenoxy) is 1. The fourth-order valence-electron chi connectivity index (χ4n) is 2.02. The molecule has 0 aliphatic heterocycles. The lowest BCUT2D eigenvalue weighted by molar-refractivity contribution is -0.151. The third-order valence-corrected chi connectivity index (χ3v) is 3.20. The molecule has 17 heavy (non-hydrogen) atoms. The molecule has 3 N–H and O–H groups in total. The average Bonchev–Trinajstić information content (AvgIpc) is 2.76. The van der Waals surface area contributed by atoms with Crippen molar-refractivity contribution in [1.82, 2.24) is 5.32 Å². The molecule has 1 saturated carbocycles. The van der Waals surface area contributed by atoms with Crippen molar-refractivity contribution in [2.75, 3.05) is 13.7 Å². The van der Waals surface area contributed by atoms with Gasteiger partial charge >= 0.3 is 5.97 Å². The molecule has 0 radical (unpaired) electrons. The van der Waals surface area contributed by atoms with Crippen LogP contribution in [0.4, 0.5) is 0 Å². The number of hydrogen-bond acceptors (Lipinski definition) is 4. The van der Waals surface area contributed by atoms with E-state index in [4.69, 9.17) is 10.5 Å². The maximum Gasteiger partial charge on any atom is 0.331 e. The van der Waals surface area contributed by atoms with E-state index in [-0.39, 0.29) is 36.7 Å². The van der Waals surface area contributed by atoms with Gasteiger partial charge in [-0.25, -0.2) is 4.79 Å². The molecule has 0 heterocycles. The Labute approximate surface area is 108 Å². The van der Waals surface area contributed by atoms with Crippen molar-refractivity contribution in [3.8, 4) is 0 Å². The molecule has 0 saturated heterocycles. The third kappa shape index (κ3) is 3.57. The summed E-state index contributed by atoms with van der Waals surface area (Å²) < 4.78 is 4.77. The summed E-state index contributed by atoms with van der Waals surface area (Å²) in [6, 6.07) is 0. The highest BCUT2D eigenvalue weighted by molar-refractivity contribution is 5.89.